The minimum absolute atomic E-state index is 0.00839. The molecule has 1 aromatic carbocycles. The van der Waals surface area contributed by atoms with Crippen LogP contribution in [0.2, 0.25) is 0 Å². The molecule has 0 bridgehead atoms. The van der Waals surface area contributed by atoms with Gasteiger partial charge in [0.05, 0.1) is 17.5 Å². The lowest BCUT2D eigenvalue weighted by Gasteiger charge is -2.27. The summed E-state index contributed by atoms with van der Waals surface area (Å²) in [6, 6.07) is 9.94. The number of hydrogen-bond acceptors (Lipinski definition) is 6. The van der Waals surface area contributed by atoms with Crippen LogP contribution >= 0.6 is 11.8 Å². The third-order valence-corrected chi connectivity index (χ3v) is 4.72. The number of carbonyl (C=O) groups is 1. The van der Waals surface area contributed by atoms with E-state index in [0.29, 0.717) is 5.16 Å². The fourth-order valence-electron chi connectivity index (χ4n) is 1.95. The van der Waals surface area contributed by atoms with Gasteiger partial charge in [-0.1, -0.05) is 37.7 Å². The number of tetrazole rings is 1. The number of aryl methyl sites for hydroxylation is 1. The van der Waals surface area contributed by atoms with Crippen molar-refractivity contribution in [2.24, 2.45) is 5.92 Å². The summed E-state index contributed by atoms with van der Waals surface area (Å²) < 4.78 is 1.59. The second-order valence-corrected chi connectivity index (χ2v) is 6.96. The first-order valence-corrected chi connectivity index (χ1v) is 8.55. The maximum Gasteiger partial charge on any atom is 0.231 e. The second kappa shape index (κ2) is 7.45. The molecule has 1 aromatic heterocycles. The SMILES string of the molecule is Cc1cccc(-n2nnnc2SCC(=O)N[C@@](C)(C#N)C(C)C)c1. The summed E-state index contributed by atoms with van der Waals surface area (Å²) >= 11 is 1.23. The van der Waals surface area contributed by atoms with E-state index in [0.717, 1.165) is 11.3 Å². The van der Waals surface area contributed by atoms with Crippen LogP contribution in [0, 0.1) is 24.2 Å². The average molecular weight is 344 g/mol. The predicted molar refractivity (Wildman–Crippen MR) is 91.6 cm³/mol. The first-order chi connectivity index (χ1) is 11.4. The number of benzene rings is 1. The highest BCUT2D eigenvalue weighted by molar-refractivity contribution is 7.99. The molecule has 8 heteroatoms. The van der Waals surface area contributed by atoms with Gasteiger partial charge in [-0.15, -0.1) is 5.10 Å². The smallest absolute Gasteiger partial charge is 0.231 e. The van der Waals surface area contributed by atoms with E-state index in [1.54, 1.807) is 11.6 Å². The number of carbonyl (C=O) groups excluding carboxylic acids is 1. The Morgan fingerprint density at radius 1 is 1.50 bits per heavy atom. The van der Waals surface area contributed by atoms with Gasteiger partial charge in [-0.05, 0) is 47.9 Å². The molecular formula is C16H20N6OS. The summed E-state index contributed by atoms with van der Waals surface area (Å²) in [5, 5.41) is 24.2. The average Bonchev–Trinajstić information content (AvgIpc) is 3.01. The Balaban J connectivity index is 2.05. The van der Waals surface area contributed by atoms with Gasteiger partial charge in [-0.3, -0.25) is 4.79 Å². The van der Waals surface area contributed by atoms with Crippen LogP contribution in [0.1, 0.15) is 26.3 Å². The zero-order chi connectivity index (χ0) is 17.7. The van der Waals surface area contributed by atoms with Crippen molar-refractivity contribution in [2.75, 3.05) is 5.75 Å². The Morgan fingerprint density at radius 3 is 2.88 bits per heavy atom. The lowest BCUT2D eigenvalue weighted by molar-refractivity contribution is -0.120. The lowest BCUT2D eigenvalue weighted by atomic mass is 9.90. The summed E-state index contributed by atoms with van der Waals surface area (Å²) in [6.07, 6.45) is 0. The predicted octanol–water partition coefficient (Wildman–Crippen LogP) is 2.12. The van der Waals surface area contributed by atoms with Gasteiger partial charge < -0.3 is 5.32 Å². The van der Waals surface area contributed by atoms with Crippen molar-refractivity contribution in [3.8, 4) is 11.8 Å². The molecule has 24 heavy (non-hydrogen) atoms. The zero-order valence-corrected chi connectivity index (χ0v) is 15.0. The van der Waals surface area contributed by atoms with Crippen LogP contribution in [0.5, 0.6) is 0 Å². The molecule has 0 aliphatic heterocycles. The van der Waals surface area contributed by atoms with Gasteiger partial charge in [-0.2, -0.15) is 9.94 Å². The molecule has 126 valence electrons. The molecule has 0 spiro atoms. The van der Waals surface area contributed by atoms with Gasteiger partial charge in [0.25, 0.3) is 0 Å². The number of nitriles is 1. The van der Waals surface area contributed by atoms with E-state index in [1.165, 1.54) is 11.8 Å². The van der Waals surface area contributed by atoms with E-state index in [9.17, 15) is 10.1 Å². The molecular weight excluding hydrogens is 324 g/mol. The van der Waals surface area contributed by atoms with Crippen LogP contribution in [0.15, 0.2) is 29.4 Å². The molecule has 0 saturated carbocycles. The van der Waals surface area contributed by atoms with E-state index in [-0.39, 0.29) is 17.6 Å². The van der Waals surface area contributed by atoms with Crippen LogP contribution in [0.4, 0.5) is 0 Å². The van der Waals surface area contributed by atoms with Gasteiger partial charge in [-0.25, -0.2) is 0 Å². The third kappa shape index (κ3) is 4.11. The normalized spacial score (nSPS) is 13.3. The fraction of sp³-hybridized carbons (Fsp3) is 0.438. The van der Waals surface area contributed by atoms with E-state index in [1.807, 2.05) is 45.0 Å². The Labute approximate surface area is 145 Å². The molecule has 0 aliphatic carbocycles. The molecule has 2 rings (SSSR count). The molecule has 0 radical (unpaired) electrons. The highest BCUT2D eigenvalue weighted by atomic mass is 32.2. The minimum atomic E-state index is -0.889. The molecule has 0 unspecified atom stereocenters. The first-order valence-electron chi connectivity index (χ1n) is 7.56. The van der Waals surface area contributed by atoms with Gasteiger partial charge in [0.1, 0.15) is 5.54 Å². The molecule has 1 N–H and O–H groups in total. The van der Waals surface area contributed by atoms with Gasteiger partial charge >= 0.3 is 0 Å². The van der Waals surface area contributed by atoms with Gasteiger partial charge in [0.15, 0.2) is 0 Å². The molecule has 0 fully saturated rings. The molecule has 0 saturated heterocycles. The van der Waals surface area contributed by atoms with Crippen molar-refractivity contribution in [3.63, 3.8) is 0 Å². The molecule has 1 amide bonds. The highest BCUT2D eigenvalue weighted by Gasteiger charge is 2.30. The molecule has 1 heterocycles. The number of hydrogen-bond donors (Lipinski definition) is 1. The van der Waals surface area contributed by atoms with Crippen LogP contribution in [-0.2, 0) is 4.79 Å². The monoisotopic (exact) mass is 344 g/mol. The number of nitrogens with one attached hydrogen (secondary N) is 1. The Hall–Kier alpha value is -2.40. The number of nitrogens with zero attached hydrogens (tertiary/aromatic N) is 5. The summed E-state index contributed by atoms with van der Waals surface area (Å²) in [7, 11) is 0. The van der Waals surface area contributed by atoms with Crippen molar-refractivity contribution < 1.29 is 4.79 Å². The second-order valence-electron chi connectivity index (χ2n) is 6.02. The fourth-order valence-corrected chi connectivity index (χ4v) is 2.64. The summed E-state index contributed by atoms with van der Waals surface area (Å²) in [5.74, 6) is -0.0819. The van der Waals surface area contributed by atoms with Crippen molar-refractivity contribution in [3.05, 3.63) is 29.8 Å². The van der Waals surface area contributed by atoms with E-state index in [2.05, 4.69) is 26.9 Å². The molecule has 2 aromatic rings. The quantitative estimate of drug-likeness (QED) is 0.806. The molecule has 0 aliphatic rings. The van der Waals surface area contributed by atoms with E-state index >= 15 is 0 Å². The summed E-state index contributed by atoms with van der Waals surface area (Å²) in [5.41, 5.74) is 1.05. The van der Waals surface area contributed by atoms with Crippen molar-refractivity contribution in [1.29, 1.82) is 5.26 Å². The summed E-state index contributed by atoms with van der Waals surface area (Å²) in [6.45, 7) is 7.50. The van der Waals surface area contributed by atoms with Crippen LogP contribution < -0.4 is 5.32 Å². The van der Waals surface area contributed by atoms with E-state index in [4.69, 9.17) is 0 Å². The van der Waals surface area contributed by atoms with E-state index < -0.39 is 5.54 Å². The topological polar surface area (TPSA) is 96.5 Å². The summed E-state index contributed by atoms with van der Waals surface area (Å²) in [4.78, 5) is 12.2. The van der Waals surface area contributed by atoms with Crippen molar-refractivity contribution >= 4 is 17.7 Å². The van der Waals surface area contributed by atoms with Gasteiger partial charge in [0.2, 0.25) is 11.1 Å². The van der Waals surface area contributed by atoms with Crippen molar-refractivity contribution in [2.45, 2.75) is 38.4 Å². The standard InChI is InChI=1S/C16H20N6OS/c1-11(2)16(4,10-17)18-14(23)9-24-15-19-20-21-22(15)13-7-5-6-12(3)8-13/h5-8,11H,9H2,1-4H3,(H,18,23)/t16-/m0/s1. The maximum atomic E-state index is 12.2. The van der Waals surface area contributed by atoms with Crippen LogP contribution in [0.3, 0.4) is 0 Å². The lowest BCUT2D eigenvalue weighted by Crippen LogP contribution is -2.49. The number of rotatable bonds is 6. The first kappa shape index (κ1) is 17.9. The van der Waals surface area contributed by atoms with Crippen LogP contribution in [0.25, 0.3) is 5.69 Å². The maximum absolute atomic E-state index is 12.2. The Bertz CT molecular complexity index is 766. The Kier molecular flexibility index (Phi) is 5.57. The van der Waals surface area contributed by atoms with Crippen LogP contribution in [-0.4, -0.2) is 37.4 Å². The molecule has 1 atom stereocenters. The Morgan fingerprint density at radius 2 is 2.25 bits per heavy atom. The van der Waals surface area contributed by atoms with Crippen molar-refractivity contribution in [1.82, 2.24) is 25.5 Å². The molecule has 7 nitrogen and oxygen atoms in total. The third-order valence-electron chi connectivity index (χ3n) is 3.81. The number of thioether (sulfide) groups is 1. The zero-order valence-electron chi connectivity index (χ0n) is 14.1. The minimum Gasteiger partial charge on any atom is -0.337 e. The largest absolute Gasteiger partial charge is 0.337 e. The number of amides is 1. The van der Waals surface area contributed by atoms with Gasteiger partial charge in [0, 0.05) is 0 Å². The highest BCUT2D eigenvalue weighted by Crippen LogP contribution is 2.20. The number of aromatic nitrogens is 4.